The van der Waals surface area contributed by atoms with Crippen LogP contribution >= 0.6 is 0 Å². The minimum atomic E-state index is -0.359. The maximum atomic E-state index is 10.7. The highest BCUT2D eigenvalue weighted by Gasteiger charge is 2.15. The van der Waals surface area contributed by atoms with Crippen LogP contribution in [0.5, 0.6) is 0 Å². The summed E-state index contributed by atoms with van der Waals surface area (Å²) in [5.74, 6) is 0. The van der Waals surface area contributed by atoms with Crippen LogP contribution < -0.4 is 0 Å². The van der Waals surface area contributed by atoms with Crippen LogP contribution in [0.1, 0.15) is 26.7 Å². The number of aliphatic hydroxyl groups is 1. The van der Waals surface area contributed by atoms with Gasteiger partial charge < -0.3 is 14.6 Å². The minimum absolute atomic E-state index is 0.359. The number of hydrogen-bond acceptors (Lipinski definition) is 2. The van der Waals surface area contributed by atoms with Gasteiger partial charge in [0.05, 0.1) is 12.6 Å². The van der Waals surface area contributed by atoms with Gasteiger partial charge in [0.2, 0.25) is 0 Å². The second kappa shape index (κ2) is 7.82. The highest BCUT2D eigenvalue weighted by atomic mass is 16.3. The fraction of sp³-hybridized carbons (Fsp3) is 0.429. The summed E-state index contributed by atoms with van der Waals surface area (Å²) in [6, 6.07) is 17.0. The Labute approximate surface area is 144 Å². The Morgan fingerprint density at radius 1 is 0.875 bits per heavy atom. The van der Waals surface area contributed by atoms with E-state index in [0.29, 0.717) is 6.54 Å². The predicted octanol–water partition coefficient (Wildman–Crippen LogP) is 4.28. The summed E-state index contributed by atoms with van der Waals surface area (Å²) >= 11 is 0. The van der Waals surface area contributed by atoms with Gasteiger partial charge in [-0.2, -0.15) is 0 Å². The van der Waals surface area contributed by atoms with Crippen LogP contribution in [0, 0.1) is 0 Å². The van der Waals surface area contributed by atoms with Crippen LogP contribution in [0.2, 0.25) is 0 Å². The number of fused-ring (bicyclic) bond motifs is 3. The van der Waals surface area contributed by atoms with Gasteiger partial charge in [-0.15, -0.1) is 0 Å². The summed E-state index contributed by atoms with van der Waals surface area (Å²) in [6.07, 6.45) is 1.90. The fourth-order valence-electron chi connectivity index (χ4n) is 3.69. The molecule has 1 aromatic heterocycles. The lowest BCUT2D eigenvalue weighted by Crippen LogP contribution is -2.35. The average molecular weight is 324 g/mol. The smallest absolute Gasteiger partial charge is 0.0845 e. The van der Waals surface area contributed by atoms with Crippen LogP contribution in [-0.2, 0) is 6.54 Å². The normalized spacial score (nSPS) is 13.2. The first-order chi connectivity index (χ1) is 11.7. The molecule has 0 aliphatic heterocycles. The molecule has 0 amide bonds. The molecule has 1 heterocycles. The van der Waals surface area contributed by atoms with Gasteiger partial charge in [-0.3, -0.25) is 0 Å². The molecule has 2 aromatic carbocycles. The molecule has 128 valence electrons. The van der Waals surface area contributed by atoms with Gasteiger partial charge in [0.25, 0.3) is 0 Å². The zero-order chi connectivity index (χ0) is 16.9. The van der Waals surface area contributed by atoms with Gasteiger partial charge in [0, 0.05) is 28.4 Å². The highest BCUT2D eigenvalue weighted by molar-refractivity contribution is 6.07. The molecule has 0 unspecified atom stereocenters. The number of benzene rings is 2. The number of aromatic nitrogens is 1. The van der Waals surface area contributed by atoms with Crippen molar-refractivity contribution >= 4 is 21.8 Å². The molecule has 3 heteroatoms. The Balaban J connectivity index is 1.88. The third-order valence-electron chi connectivity index (χ3n) is 4.62. The van der Waals surface area contributed by atoms with Crippen molar-refractivity contribution in [1.82, 2.24) is 9.47 Å². The first kappa shape index (κ1) is 17.0. The van der Waals surface area contributed by atoms with Crippen LogP contribution in [0.4, 0.5) is 0 Å². The maximum absolute atomic E-state index is 10.7. The molecule has 0 fully saturated rings. The summed E-state index contributed by atoms with van der Waals surface area (Å²) < 4.78 is 2.27. The van der Waals surface area contributed by atoms with Crippen molar-refractivity contribution in [2.75, 3.05) is 19.6 Å². The average Bonchev–Trinajstić information content (AvgIpc) is 2.90. The van der Waals surface area contributed by atoms with Crippen LogP contribution in [-0.4, -0.2) is 40.3 Å². The van der Waals surface area contributed by atoms with E-state index in [1.54, 1.807) is 0 Å². The van der Waals surface area contributed by atoms with Gasteiger partial charge in [-0.05, 0) is 38.1 Å². The van der Waals surface area contributed by atoms with E-state index in [4.69, 9.17) is 0 Å². The van der Waals surface area contributed by atoms with Crippen LogP contribution in [0.3, 0.4) is 0 Å². The van der Waals surface area contributed by atoms with E-state index < -0.39 is 0 Å². The Morgan fingerprint density at radius 2 is 1.38 bits per heavy atom. The van der Waals surface area contributed by atoms with E-state index in [2.05, 4.69) is 71.8 Å². The molecule has 3 aromatic rings. The van der Waals surface area contributed by atoms with Crippen molar-refractivity contribution in [2.45, 2.75) is 39.3 Å². The lowest BCUT2D eigenvalue weighted by molar-refractivity contribution is 0.0997. The van der Waals surface area contributed by atoms with E-state index in [1.807, 2.05) is 0 Å². The van der Waals surface area contributed by atoms with E-state index >= 15 is 0 Å². The molecule has 0 aliphatic rings. The van der Waals surface area contributed by atoms with Crippen molar-refractivity contribution < 1.29 is 5.11 Å². The largest absolute Gasteiger partial charge is 0.390 e. The Morgan fingerprint density at radius 3 is 1.88 bits per heavy atom. The summed E-state index contributed by atoms with van der Waals surface area (Å²) in [5, 5.41) is 13.2. The molecule has 3 nitrogen and oxygen atoms in total. The first-order valence-electron chi connectivity index (χ1n) is 9.11. The Kier molecular flexibility index (Phi) is 5.54. The van der Waals surface area contributed by atoms with Crippen LogP contribution in [0.25, 0.3) is 21.8 Å². The standard InChI is InChI=1S/C21H28N2O/c1-3-13-22(14-4-2)15-17(24)16-23-20-11-7-5-9-18(20)19-10-6-8-12-21(19)23/h5-12,17,24H,3-4,13-16H2,1-2H3/t17-/m1/s1. The molecule has 0 aliphatic carbocycles. The summed E-state index contributed by atoms with van der Waals surface area (Å²) in [7, 11) is 0. The minimum Gasteiger partial charge on any atom is -0.390 e. The number of para-hydroxylation sites is 2. The van der Waals surface area contributed by atoms with E-state index in [9.17, 15) is 5.11 Å². The molecule has 0 radical (unpaired) electrons. The van der Waals surface area contributed by atoms with Crippen LogP contribution in [0.15, 0.2) is 48.5 Å². The second-order valence-electron chi connectivity index (χ2n) is 6.60. The molecular formula is C21H28N2O. The zero-order valence-corrected chi connectivity index (χ0v) is 14.8. The second-order valence-corrected chi connectivity index (χ2v) is 6.60. The third-order valence-corrected chi connectivity index (χ3v) is 4.62. The molecule has 0 saturated heterocycles. The summed E-state index contributed by atoms with van der Waals surface area (Å²) in [6.45, 7) is 7.88. The molecular weight excluding hydrogens is 296 g/mol. The molecule has 3 rings (SSSR count). The maximum Gasteiger partial charge on any atom is 0.0845 e. The quantitative estimate of drug-likeness (QED) is 0.670. The molecule has 0 spiro atoms. The van der Waals surface area contributed by atoms with E-state index in [-0.39, 0.29) is 6.10 Å². The topological polar surface area (TPSA) is 28.4 Å². The number of rotatable bonds is 8. The van der Waals surface area contributed by atoms with Gasteiger partial charge in [0.15, 0.2) is 0 Å². The third kappa shape index (κ3) is 3.47. The fourth-order valence-corrected chi connectivity index (χ4v) is 3.69. The molecule has 0 bridgehead atoms. The monoisotopic (exact) mass is 324 g/mol. The summed E-state index contributed by atoms with van der Waals surface area (Å²) in [5.41, 5.74) is 2.41. The molecule has 1 N–H and O–H groups in total. The van der Waals surface area contributed by atoms with Gasteiger partial charge in [0.1, 0.15) is 0 Å². The van der Waals surface area contributed by atoms with Crippen molar-refractivity contribution in [2.24, 2.45) is 0 Å². The number of aliphatic hydroxyl groups excluding tert-OH is 1. The van der Waals surface area contributed by atoms with Gasteiger partial charge >= 0.3 is 0 Å². The van der Waals surface area contributed by atoms with Crippen molar-refractivity contribution in [3.05, 3.63) is 48.5 Å². The lowest BCUT2D eigenvalue weighted by Gasteiger charge is -2.24. The van der Waals surface area contributed by atoms with E-state index in [1.165, 1.54) is 21.8 Å². The van der Waals surface area contributed by atoms with Gasteiger partial charge in [-0.25, -0.2) is 0 Å². The first-order valence-corrected chi connectivity index (χ1v) is 9.11. The molecule has 1 atom stereocenters. The molecule has 0 saturated carbocycles. The zero-order valence-electron chi connectivity index (χ0n) is 14.8. The van der Waals surface area contributed by atoms with Crippen molar-refractivity contribution in [3.63, 3.8) is 0 Å². The SMILES string of the molecule is CCCN(CCC)C[C@@H](O)Cn1c2ccccc2c2ccccc21. The van der Waals surface area contributed by atoms with Gasteiger partial charge in [-0.1, -0.05) is 50.2 Å². The summed E-state index contributed by atoms with van der Waals surface area (Å²) in [4.78, 5) is 2.37. The molecule has 24 heavy (non-hydrogen) atoms. The number of nitrogens with zero attached hydrogens (tertiary/aromatic N) is 2. The Hall–Kier alpha value is -1.84. The van der Waals surface area contributed by atoms with Crippen molar-refractivity contribution in [1.29, 1.82) is 0 Å². The van der Waals surface area contributed by atoms with E-state index in [0.717, 1.165) is 32.5 Å². The Bertz CT molecular complexity index is 733. The lowest BCUT2D eigenvalue weighted by atomic mass is 10.2. The predicted molar refractivity (Wildman–Crippen MR) is 102 cm³/mol. The van der Waals surface area contributed by atoms with Crippen molar-refractivity contribution in [3.8, 4) is 0 Å². The number of hydrogen-bond donors (Lipinski definition) is 1. The highest BCUT2D eigenvalue weighted by Crippen LogP contribution is 2.28.